The van der Waals surface area contributed by atoms with Crippen molar-refractivity contribution < 1.29 is 0 Å². The molecule has 2 aliphatic carbocycles. The van der Waals surface area contributed by atoms with Crippen LogP contribution in [0.5, 0.6) is 0 Å². The van der Waals surface area contributed by atoms with Crippen molar-refractivity contribution in [3.8, 4) is 0 Å². The van der Waals surface area contributed by atoms with E-state index in [9.17, 15) is 0 Å². The molecule has 1 unspecified atom stereocenters. The van der Waals surface area contributed by atoms with Crippen molar-refractivity contribution in [1.29, 1.82) is 0 Å². The van der Waals surface area contributed by atoms with Gasteiger partial charge in [-0.05, 0) is 56.9 Å². The number of aryl methyl sites for hydroxylation is 1. The summed E-state index contributed by atoms with van der Waals surface area (Å²) in [5, 5.41) is 3.83. The van der Waals surface area contributed by atoms with Crippen molar-refractivity contribution in [1.82, 2.24) is 5.32 Å². The monoisotopic (exact) mass is 243 g/mol. The molecule has 98 valence electrons. The van der Waals surface area contributed by atoms with Gasteiger partial charge in [-0.25, -0.2) is 0 Å². The highest BCUT2D eigenvalue weighted by molar-refractivity contribution is 5.26. The number of hydrogen-bond acceptors (Lipinski definition) is 1. The lowest BCUT2D eigenvalue weighted by Crippen LogP contribution is -2.48. The van der Waals surface area contributed by atoms with E-state index < -0.39 is 0 Å². The summed E-state index contributed by atoms with van der Waals surface area (Å²) < 4.78 is 0. The van der Waals surface area contributed by atoms with E-state index in [0.717, 1.165) is 23.9 Å². The van der Waals surface area contributed by atoms with Gasteiger partial charge < -0.3 is 5.32 Å². The highest BCUT2D eigenvalue weighted by Gasteiger charge is 2.33. The van der Waals surface area contributed by atoms with Gasteiger partial charge in [0.15, 0.2) is 0 Å². The molecule has 2 fully saturated rings. The quantitative estimate of drug-likeness (QED) is 0.842. The fraction of sp³-hybridized carbons (Fsp3) is 0.647. The van der Waals surface area contributed by atoms with E-state index in [4.69, 9.17) is 0 Å². The van der Waals surface area contributed by atoms with E-state index in [1.807, 2.05) is 0 Å². The molecule has 0 amide bonds. The number of benzene rings is 1. The zero-order chi connectivity index (χ0) is 12.5. The highest BCUT2D eigenvalue weighted by atomic mass is 15.0. The van der Waals surface area contributed by atoms with Gasteiger partial charge in [0.05, 0.1) is 0 Å². The van der Waals surface area contributed by atoms with Crippen LogP contribution in [0.2, 0.25) is 0 Å². The van der Waals surface area contributed by atoms with Gasteiger partial charge in [-0.15, -0.1) is 0 Å². The van der Waals surface area contributed by atoms with Gasteiger partial charge in [-0.1, -0.05) is 36.2 Å². The van der Waals surface area contributed by atoms with Crippen molar-refractivity contribution in [3.05, 3.63) is 35.4 Å². The summed E-state index contributed by atoms with van der Waals surface area (Å²) >= 11 is 0. The first-order chi connectivity index (χ1) is 8.72. The molecule has 0 radical (unpaired) electrons. The third kappa shape index (κ3) is 2.47. The number of rotatable bonds is 4. The summed E-state index contributed by atoms with van der Waals surface area (Å²) in [6.07, 6.45) is 7.01. The maximum atomic E-state index is 3.83. The van der Waals surface area contributed by atoms with Gasteiger partial charge in [0, 0.05) is 12.1 Å². The van der Waals surface area contributed by atoms with Crippen LogP contribution < -0.4 is 5.32 Å². The molecule has 1 aromatic rings. The smallest absolute Gasteiger partial charge is 0.00813 e. The Hall–Kier alpha value is -0.820. The zero-order valence-corrected chi connectivity index (χ0v) is 11.7. The van der Waals surface area contributed by atoms with E-state index >= 15 is 0 Å². The fourth-order valence-electron chi connectivity index (χ4n) is 3.31. The molecule has 1 nitrogen and oxygen atoms in total. The van der Waals surface area contributed by atoms with Crippen LogP contribution in [0.4, 0.5) is 0 Å². The molecule has 0 aromatic heterocycles. The molecule has 0 spiro atoms. The predicted octanol–water partition coefficient (Wildman–Crippen LogP) is 4.02. The van der Waals surface area contributed by atoms with Gasteiger partial charge in [0.2, 0.25) is 0 Å². The van der Waals surface area contributed by atoms with Crippen molar-refractivity contribution in [2.24, 2.45) is 5.92 Å². The Morgan fingerprint density at radius 1 is 1.11 bits per heavy atom. The van der Waals surface area contributed by atoms with E-state index in [1.165, 1.54) is 43.2 Å². The lowest BCUT2D eigenvalue weighted by atomic mass is 9.74. The van der Waals surface area contributed by atoms with Crippen molar-refractivity contribution in [2.75, 3.05) is 0 Å². The molecule has 1 N–H and O–H groups in total. The fourth-order valence-corrected chi connectivity index (χ4v) is 3.31. The molecular formula is C17H25N. The van der Waals surface area contributed by atoms with E-state index in [-0.39, 0.29) is 0 Å². The summed E-state index contributed by atoms with van der Waals surface area (Å²) in [6.45, 7) is 4.54. The molecule has 0 heterocycles. The van der Waals surface area contributed by atoms with Gasteiger partial charge in [0.1, 0.15) is 0 Å². The second-order valence-corrected chi connectivity index (χ2v) is 6.42. The minimum absolute atomic E-state index is 0.739. The van der Waals surface area contributed by atoms with Gasteiger partial charge in [-0.3, -0.25) is 0 Å². The zero-order valence-electron chi connectivity index (χ0n) is 11.7. The standard InChI is InChI=1S/C17H25N/c1-12-6-8-15(9-7-12)16-10-17(11-16)18-13(2)14-4-3-5-14/h6-9,13-14,16-18H,3-5,10-11H2,1-2H3. The molecule has 1 atom stereocenters. The first kappa shape index (κ1) is 12.2. The third-order valence-corrected chi connectivity index (χ3v) is 5.04. The molecule has 0 saturated heterocycles. The summed E-state index contributed by atoms with van der Waals surface area (Å²) in [5.41, 5.74) is 2.90. The van der Waals surface area contributed by atoms with Crippen LogP contribution in [0.15, 0.2) is 24.3 Å². The number of hydrogen-bond donors (Lipinski definition) is 1. The Balaban J connectivity index is 1.46. The lowest BCUT2D eigenvalue weighted by molar-refractivity contribution is 0.188. The molecule has 2 aliphatic rings. The largest absolute Gasteiger partial charge is 0.311 e. The van der Waals surface area contributed by atoms with Crippen LogP contribution in [-0.2, 0) is 0 Å². The minimum Gasteiger partial charge on any atom is -0.311 e. The SMILES string of the molecule is Cc1ccc(C2CC(NC(C)C3CCC3)C2)cc1. The second-order valence-electron chi connectivity index (χ2n) is 6.42. The molecule has 0 bridgehead atoms. The summed E-state index contributed by atoms with van der Waals surface area (Å²) in [7, 11) is 0. The first-order valence-electron chi connectivity index (χ1n) is 7.55. The Morgan fingerprint density at radius 3 is 2.33 bits per heavy atom. The average Bonchev–Trinajstić information content (AvgIpc) is 2.22. The predicted molar refractivity (Wildman–Crippen MR) is 76.9 cm³/mol. The normalized spacial score (nSPS) is 29.4. The van der Waals surface area contributed by atoms with E-state index in [2.05, 4.69) is 43.4 Å². The third-order valence-electron chi connectivity index (χ3n) is 5.04. The Morgan fingerprint density at radius 2 is 1.78 bits per heavy atom. The maximum absolute atomic E-state index is 3.83. The van der Waals surface area contributed by atoms with Crippen LogP contribution in [-0.4, -0.2) is 12.1 Å². The Bertz CT molecular complexity index is 385. The van der Waals surface area contributed by atoms with E-state index in [0.29, 0.717) is 0 Å². The molecule has 1 heteroatoms. The molecule has 0 aliphatic heterocycles. The summed E-state index contributed by atoms with van der Waals surface area (Å²) in [4.78, 5) is 0. The van der Waals surface area contributed by atoms with Crippen LogP contribution in [0.1, 0.15) is 56.1 Å². The highest BCUT2D eigenvalue weighted by Crippen LogP contribution is 2.38. The molecule has 1 aromatic carbocycles. The van der Waals surface area contributed by atoms with Crippen molar-refractivity contribution in [3.63, 3.8) is 0 Å². The maximum Gasteiger partial charge on any atom is 0.00813 e. The van der Waals surface area contributed by atoms with Crippen molar-refractivity contribution in [2.45, 2.75) is 64.0 Å². The number of nitrogens with one attached hydrogen (secondary N) is 1. The molecular weight excluding hydrogens is 218 g/mol. The molecule has 3 rings (SSSR count). The average molecular weight is 243 g/mol. The van der Waals surface area contributed by atoms with Gasteiger partial charge in [0.25, 0.3) is 0 Å². The van der Waals surface area contributed by atoms with Crippen LogP contribution in [0, 0.1) is 12.8 Å². The summed E-state index contributed by atoms with van der Waals surface area (Å²) in [5.74, 6) is 1.76. The van der Waals surface area contributed by atoms with Crippen LogP contribution in [0.25, 0.3) is 0 Å². The Kier molecular flexibility index (Phi) is 3.43. The van der Waals surface area contributed by atoms with Crippen molar-refractivity contribution >= 4 is 0 Å². The van der Waals surface area contributed by atoms with Gasteiger partial charge in [-0.2, -0.15) is 0 Å². The minimum atomic E-state index is 0.739. The lowest BCUT2D eigenvalue weighted by Gasteiger charge is -2.41. The van der Waals surface area contributed by atoms with Gasteiger partial charge >= 0.3 is 0 Å². The van der Waals surface area contributed by atoms with E-state index in [1.54, 1.807) is 0 Å². The van der Waals surface area contributed by atoms with Crippen LogP contribution >= 0.6 is 0 Å². The molecule has 2 saturated carbocycles. The topological polar surface area (TPSA) is 12.0 Å². The first-order valence-corrected chi connectivity index (χ1v) is 7.55. The second kappa shape index (κ2) is 5.05. The molecule has 18 heavy (non-hydrogen) atoms. The van der Waals surface area contributed by atoms with Crippen LogP contribution in [0.3, 0.4) is 0 Å². The Labute approximate surface area is 111 Å². The summed E-state index contributed by atoms with van der Waals surface area (Å²) in [6, 6.07) is 10.6.